The second kappa shape index (κ2) is 6.68. The molecule has 5 heteroatoms. The third-order valence-electron chi connectivity index (χ3n) is 4.74. The van der Waals surface area contributed by atoms with E-state index in [4.69, 9.17) is 9.47 Å². The molecule has 136 valence electrons. The van der Waals surface area contributed by atoms with Gasteiger partial charge in [-0.05, 0) is 17.7 Å². The third kappa shape index (κ3) is 2.77. The summed E-state index contributed by atoms with van der Waals surface area (Å²) in [4.78, 5) is 13.0. The Labute approximate surface area is 156 Å². The van der Waals surface area contributed by atoms with Gasteiger partial charge in [-0.3, -0.25) is 4.79 Å². The average molecular weight is 361 g/mol. The van der Waals surface area contributed by atoms with Crippen molar-refractivity contribution in [2.75, 3.05) is 7.11 Å². The minimum Gasteiger partial charge on any atom is -0.504 e. The highest BCUT2D eigenvalue weighted by molar-refractivity contribution is 5.98. The smallest absolute Gasteiger partial charge is 0.204 e. The molecule has 4 rings (SSSR count). The Kier molecular flexibility index (Phi) is 4.20. The van der Waals surface area contributed by atoms with E-state index in [0.29, 0.717) is 23.3 Å². The summed E-state index contributed by atoms with van der Waals surface area (Å²) in [7, 11) is 3.30. The number of nitrogens with zero attached hydrogens (tertiary/aromatic N) is 1. The van der Waals surface area contributed by atoms with E-state index >= 15 is 0 Å². The van der Waals surface area contributed by atoms with Crippen molar-refractivity contribution in [3.63, 3.8) is 0 Å². The van der Waals surface area contributed by atoms with E-state index in [1.54, 1.807) is 18.2 Å². The molecule has 0 radical (unpaired) electrons. The lowest BCUT2D eigenvalue weighted by atomic mass is 10.1. The number of hydrogen-bond acceptors (Lipinski definition) is 4. The SMILES string of the molecule is COc1c(OCc2ccccc2)cc2c(c1O)c(=O)c1ccccc1n2C. The van der Waals surface area contributed by atoms with Crippen LogP contribution >= 0.6 is 0 Å². The second-order valence-electron chi connectivity index (χ2n) is 6.33. The molecule has 0 spiro atoms. The average Bonchev–Trinajstić information content (AvgIpc) is 2.71. The van der Waals surface area contributed by atoms with Gasteiger partial charge in [0.15, 0.2) is 11.5 Å². The van der Waals surface area contributed by atoms with E-state index in [0.717, 1.165) is 11.1 Å². The Morgan fingerprint density at radius 1 is 1.00 bits per heavy atom. The zero-order valence-corrected chi connectivity index (χ0v) is 15.1. The minimum atomic E-state index is -0.232. The number of aryl methyl sites for hydroxylation is 1. The van der Waals surface area contributed by atoms with Gasteiger partial charge in [0.1, 0.15) is 6.61 Å². The number of phenolic OH excluding ortho intramolecular Hbond substituents is 1. The first kappa shape index (κ1) is 17.0. The lowest BCUT2D eigenvalue weighted by Gasteiger charge is -2.17. The molecule has 0 saturated carbocycles. The highest BCUT2D eigenvalue weighted by atomic mass is 16.5. The topological polar surface area (TPSA) is 60.7 Å². The molecule has 0 amide bonds. The van der Waals surface area contributed by atoms with Gasteiger partial charge in [0.2, 0.25) is 11.2 Å². The number of hydrogen-bond donors (Lipinski definition) is 1. The number of aromatic nitrogens is 1. The van der Waals surface area contributed by atoms with Crippen molar-refractivity contribution >= 4 is 21.8 Å². The van der Waals surface area contributed by atoms with Crippen LogP contribution in [0.15, 0.2) is 65.5 Å². The Morgan fingerprint density at radius 2 is 1.70 bits per heavy atom. The number of fused-ring (bicyclic) bond motifs is 2. The lowest BCUT2D eigenvalue weighted by molar-refractivity contribution is 0.278. The van der Waals surface area contributed by atoms with E-state index < -0.39 is 0 Å². The summed E-state index contributed by atoms with van der Waals surface area (Å²) in [5.74, 6) is 0.340. The van der Waals surface area contributed by atoms with Crippen molar-refractivity contribution < 1.29 is 14.6 Å². The predicted octanol–water partition coefficient (Wildman–Crippen LogP) is 3.98. The Bertz CT molecular complexity index is 1200. The summed E-state index contributed by atoms with van der Waals surface area (Å²) in [5.41, 5.74) is 2.13. The van der Waals surface area contributed by atoms with Crippen LogP contribution in [0.5, 0.6) is 17.2 Å². The molecule has 0 saturated heterocycles. The Hall–Kier alpha value is -3.47. The normalized spacial score (nSPS) is 11.0. The molecule has 4 aromatic rings. The summed E-state index contributed by atoms with van der Waals surface area (Å²) in [5, 5.41) is 11.5. The van der Waals surface area contributed by atoms with Crippen molar-refractivity contribution in [1.82, 2.24) is 4.57 Å². The minimum absolute atomic E-state index is 0.158. The van der Waals surface area contributed by atoms with Crippen LogP contribution in [-0.2, 0) is 13.7 Å². The third-order valence-corrected chi connectivity index (χ3v) is 4.74. The van der Waals surface area contributed by atoms with Gasteiger partial charge in [-0.1, -0.05) is 42.5 Å². The molecule has 0 atom stereocenters. The first-order chi connectivity index (χ1) is 13.1. The molecule has 0 aliphatic rings. The molecule has 27 heavy (non-hydrogen) atoms. The predicted molar refractivity (Wildman–Crippen MR) is 106 cm³/mol. The molecule has 1 N–H and O–H groups in total. The maximum atomic E-state index is 13.0. The van der Waals surface area contributed by atoms with Crippen molar-refractivity contribution in [1.29, 1.82) is 0 Å². The molecule has 3 aromatic carbocycles. The molecule has 0 bridgehead atoms. The number of benzene rings is 3. The van der Waals surface area contributed by atoms with Gasteiger partial charge in [0.05, 0.1) is 23.5 Å². The largest absolute Gasteiger partial charge is 0.504 e. The second-order valence-corrected chi connectivity index (χ2v) is 6.33. The number of phenols is 1. The molecule has 0 aliphatic carbocycles. The van der Waals surface area contributed by atoms with Gasteiger partial charge in [0, 0.05) is 18.5 Å². The van der Waals surface area contributed by atoms with Crippen molar-refractivity contribution in [2.24, 2.45) is 7.05 Å². The van der Waals surface area contributed by atoms with Crippen molar-refractivity contribution in [2.45, 2.75) is 6.61 Å². The van der Waals surface area contributed by atoms with Crippen molar-refractivity contribution in [3.8, 4) is 17.2 Å². The summed E-state index contributed by atoms with van der Waals surface area (Å²) >= 11 is 0. The monoisotopic (exact) mass is 361 g/mol. The molecule has 0 aliphatic heterocycles. The fourth-order valence-electron chi connectivity index (χ4n) is 3.36. The lowest BCUT2D eigenvalue weighted by Crippen LogP contribution is -2.10. The van der Waals surface area contributed by atoms with Gasteiger partial charge in [-0.15, -0.1) is 0 Å². The molecular formula is C22H19NO4. The molecule has 0 fully saturated rings. The van der Waals surface area contributed by atoms with E-state index in [1.165, 1.54) is 7.11 Å². The van der Waals surface area contributed by atoms with E-state index in [1.807, 2.05) is 54.1 Å². The van der Waals surface area contributed by atoms with Crippen LogP contribution in [0.4, 0.5) is 0 Å². The summed E-state index contributed by atoms with van der Waals surface area (Å²) < 4.78 is 13.1. The molecule has 1 heterocycles. The molecule has 1 aromatic heterocycles. The zero-order valence-electron chi connectivity index (χ0n) is 15.1. The summed E-state index contributed by atoms with van der Waals surface area (Å²) in [6, 6.07) is 18.8. The van der Waals surface area contributed by atoms with Crippen LogP contribution in [0.1, 0.15) is 5.56 Å². The molecule has 0 unspecified atom stereocenters. The Balaban J connectivity index is 1.94. The fourth-order valence-corrected chi connectivity index (χ4v) is 3.36. The van der Waals surface area contributed by atoms with Gasteiger partial charge in [-0.2, -0.15) is 0 Å². The first-order valence-corrected chi connectivity index (χ1v) is 8.60. The van der Waals surface area contributed by atoms with Crippen LogP contribution < -0.4 is 14.9 Å². The van der Waals surface area contributed by atoms with Crippen LogP contribution in [0.25, 0.3) is 21.8 Å². The number of para-hydroxylation sites is 1. The first-order valence-electron chi connectivity index (χ1n) is 8.60. The van der Waals surface area contributed by atoms with Crippen LogP contribution in [0, 0.1) is 0 Å². The number of methoxy groups -OCH3 is 1. The highest BCUT2D eigenvalue weighted by Gasteiger charge is 2.20. The van der Waals surface area contributed by atoms with Crippen LogP contribution in [0.3, 0.4) is 0 Å². The van der Waals surface area contributed by atoms with E-state index in [9.17, 15) is 9.90 Å². The van der Waals surface area contributed by atoms with Gasteiger partial charge < -0.3 is 19.1 Å². The maximum Gasteiger partial charge on any atom is 0.204 e. The fraction of sp³-hybridized carbons (Fsp3) is 0.136. The summed E-state index contributed by atoms with van der Waals surface area (Å²) in [6.45, 7) is 0.323. The van der Waals surface area contributed by atoms with Gasteiger partial charge in [-0.25, -0.2) is 0 Å². The molecular weight excluding hydrogens is 342 g/mol. The van der Waals surface area contributed by atoms with Crippen molar-refractivity contribution in [3.05, 3.63) is 76.5 Å². The Morgan fingerprint density at radius 3 is 2.44 bits per heavy atom. The van der Waals surface area contributed by atoms with Crippen LogP contribution in [-0.4, -0.2) is 16.8 Å². The van der Waals surface area contributed by atoms with Crippen LogP contribution in [0.2, 0.25) is 0 Å². The van der Waals surface area contributed by atoms with Gasteiger partial charge >= 0.3 is 0 Å². The number of aromatic hydroxyl groups is 1. The highest BCUT2D eigenvalue weighted by Crippen LogP contribution is 2.42. The van der Waals surface area contributed by atoms with E-state index in [-0.39, 0.29) is 22.3 Å². The standard InChI is InChI=1S/C22H19NO4/c1-23-16-11-7-6-10-15(16)20(24)19-17(23)12-18(22(26-2)21(19)25)27-13-14-8-4-3-5-9-14/h3-12,25H,13H2,1-2H3. The zero-order chi connectivity index (χ0) is 19.0. The summed E-state index contributed by atoms with van der Waals surface area (Å²) in [6.07, 6.45) is 0. The van der Waals surface area contributed by atoms with E-state index in [2.05, 4.69) is 0 Å². The number of ether oxygens (including phenoxy) is 2. The number of pyridine rings is 1. The maximum absolute atomic E-state index is 13.0. The quantitative estimate of drug-likeness (QED) is 0.559. The molecule has 5 nitrogen and oxygen atoms in total. The van der Waals surface area contributed by atoms with Gasteiger partial charge in [0.25, 0.3) is 0 Å². The number of rotatable bonds is 4.